The molecule has 0 radical (unpaired) electrons. The number of hydrogen-bond donors (Lipinski definition) is 2. The van der Waals surface area contributed by atoms with E-state index in [4.69, 9.17) is 9.72 Å². The maximum absolute atomic E-state index is 13.5. The Hall–Kier alpha value is -4.82. The third-order valence-corrected chi connectivity index (χ3v) is 8.13. The van der Waals surface area contributed by atoms with Crippen LogP contribution in [0.25, 0.3) is 21.8 Å². The molecule has 5 aromatic carbocycles. The minimum atomic E-state index is -3.84. The van der Waals surface area contributed by atoms with Crippen molar-refractivity contribution < 1.29 is 13.2 Å². The van der Waals surface area contributed by atoms with Crippen molar-refractivity contribution in [2.45, 2.75) is 11.3 Å². The van der Waals surface area contributed by atoms with Crippen LogP contribution in [-0.2, 0) is 16.4 Å². The summed E-state index contributed by atoms with van der Waals surface area (Å²) in [6.07, 6.45) is 0.603. The van der Waals surface area contributed by atoms with Crippen molar-refractivity contribution in [3.05, 3.63) is 121 Å². The average molecular weight is 549 g/mol. The van der Waals surface area contributed by atoms with Crippen LogP contribution in [0.15, 0.2) is 114 Å². The SMILES string of the molecule is CN(C)c1cccc2c(S(=O)(=O)Nc3ccc4[nH]c(Cc5ccc(Oc6ccccc6)cc5)nc4c3)cccc12. The van der Waals surface area contributed by atoms with E-state index >= 15 is 0 Å². The van der Waals surface area contributed by atoms with Gasteiger partial charge in [0, 0.05) is 37.0 Å². The van der Waals surface area contributed by atoms with E-state index in [0.717, 1.165) is 39.5 Å². The van der Waals surface area contributed by atoms with E-state index in [1.54, 1.807) is 24.3 Å². The summed E-state index contributed by atoms with van der Waals surface area (Å²) in [6.45, 7) is 0. The van der Waals surface area contributed by atoms with Crippen molar-refractivity contribution in [1.29, 1.82) is 0 Å². The molecule has 6 rings (SSSR count). The molecule has 0 aliphatic heterocycles. The number of imidazole rings is 1. The molecular weight excluding hydrogens is 520 g/mol. The van der Waals surface area contributed by atoms with E-state index in [-0.39, 0.29) is 4.90 Å². The summed E-state index contributed by atoms with van der Waals surface area (Å²) in [4.78, 5) is 10.3. The van der Waals surface area contributed by atoms with E-state index in [0.29, 0.717) is 23.0 Å². The standard InChI is InChI=1S/C32H28N4O3S/c1-36(2)30-12-6-11-27-26(30)10-7-13-31(27)40(37,38)35-23-16-19-28-29(21-23)34-32(33-28)20-22-14-17-25(18-15-22)39-24-8-4-3-5-9-24/h3-19,21,35H,20H2,1-2H3,(H,33,34). The van der Waals surface area contributed by atoms with E-state index in [1.165, 1.54) is 0 Å². The Labute approximate surface area is 233 Å². The number of para-hydroxylation sites is 1. The summed E-state index contributed by atoms with van der Waals surface area (Å²) in [5, 5.41) is 1.55. The molecule has 2 N–H and O–H groups in total. The van der Waals surface area contributed by atoms with Gasteiger partial charge in [0.1, 0.15) is 17.3 Å². The molecule has 0 unspecified atom stereocenters. The van der Waals surface area contributed by atoms with E-state index in [1.807, 2.05) is 104 Å². The second-order valence-electron chi connectivity index (χ2n) is 9.78. The Kier molecular flexibility index (Phi) is 6.61. The topological polar surface area (TPSA) is 87.3 Å². The van der Waals surface area contributed by atoms with Gasteiger partial charge in [-0.2, -0.15) is 0 Å². The lowest BCUT2D eigenvalue weighted by atomic mass is 10.1. The summed E-state index contributed by atoms with van der Waals surface area (Å²) in [6, 6.07) is 33.9. The summed E-state index contributed by atoms with van der Waals surface area (Å²) < 4.78 is 35.5. The Morgan fingerprint density at radius 1 is 0.800 bits per heavy atom. The van der Waals surface area contributed by atoms with Gasteiger partial charge in [-0.3, -0.25) is 4.72 Å². The number of nitrogens with zero attached hydrogens (tertiary/aromatic N) is 2. The summed E-state index contributed by atoms with van der Waals surface area (Å²) in [5.41, 5.74) is 4.01. The van der Waals surface area contributed by atoms with Gasteiger partial charge in [0.05, 0.1) is 21.6 Å². The van der Waals surface area contributed by atoms with Gasteiger partial charge < -0.3 is 14.6 Å². The van der Waals surface area contributed by atoms with Crippen molar-refractivity contribution in [3.8, 4) is 11.5 Å². The number of hydrogen-bond acceptors (Lipinski definition) is 5. The molecule has 0 aliphatic rings. The van der Waals surface area contributed by atoms with Crippen LogP contribution >= 0.6 is 0 Å². The zero-order valence-corrected chi connectivity index (χ0v) is 22.9. The highest BCUT2D eigenvalue weighted by atomic mass is 32.2. The van der Waals surface area contributed by atoms with Crippen molar-refractivity contribution >= 4 is 43.2 Å². The van der Waals surface area contributed by atoms with Crippen LogP contribution < -0.4 is 14.4 Å². The fourth-order valence-corrected chi connectivity index (χ4v) is 6.07. The number of benzene rings is 5. The Morgan fingerprint density at radius 2 is 1.52 bits per heavy atom. The first-order valence-corrected chi connectivity index (χ1v) is 14.4. The molecule has 40 heavy (non-hydrogen) atoms. The van der Waals surface area contributed by atoms with Gasteiger partial charge in [0.15, 0.2) is 0 Å². The smallest absolute Gasteiger partial charge is 0.262 e. The van der Waals surface area contributed by atoms with E-state index in [9.17, 15) is 8.42 Å². The molecule has 7 nitrogen and oxygen atoms in total. The Morgan fingerprint density at radius 3 is 2.30 bits per heavy atom. The van der Waals surface area contributed by atoms with Crippen LogP contribution in [0.2, 0.25) is 0 Å². The van der Waals surface area contributed by atoms with Crippen molar-refractivity contribution in [2.24, 2.45) is 0 Å². The molecule has 0 fully saturated rings. The van der Waals surface area contributed by atoms with Crippen LogP contribution in [0.3, 0.4) is 0 Å². The van der Waals surface area contributed by atoms with Gasteiger partial charge >= 0.3 is 0 Å². The molecule has 0 spiro atoms. The number of aromatic nitrogens is 2. The third-order valence-electron chi connectivity index (χ3n) is 6.69. The van der Waals surface area contributed by atoms with Crippen LogP contribution in [-0.4, -0.2) is 32.5 Å². The first-order chi connectivity index (χ1) is 19.4. The first-order valence-electron chi connectivity index (χ1n) is 12.9. The fraction of sp³-hybridized carbons (Fsp3) is 0.0938. The van der Waals surface area contributed by atoms with Crippen molar-refractivity contribution in [3.63, 3.8) is 0 Å². The highest BCUT2D eigenvalue weighted by Gasteiger charge is 2.19. The van der Waals surface area contributed by atoms with Gasteiger partial charge in [0.2, 0.25) is 0 Å². The van der Waals surface area contributed by atoms with E-state index in [2.05, 4.69) is 9.71 Å². The monoisotopic (exact) mass is 548 g/mol. The fourth-order valence-electron chi connectivity index (χ4n) is 4.80. The number of H-pyrrole nitrogens is 1. The highest BCUT2D eigenvalue weighted by molar-refractivity contribution is 7.93. The normalized spacial score (nSPS) is 11.6. The average Bonchev–Trinajstić information content (AvgIpc) is 3.35. The second kappa shape index (κ2) is 10.4. The predicted molar refractivity (Wildman–Crippen MR) is 161 cm³/mol. The van der Waals surface area contributed by atoms with Crippen molar-refractivity contribution in [1.82, 2.24) is 9.97 Å². The number of sulfonamides is 1. The summed E-state index contributed by atoms with van der Waals surface area (Å²) in [5.74, 6) is 2.34. The molecular formula is C32H28N4O3S. The molecule has 0 saturated heterocycles. The van der Waals surface area contributed by atoms with Gasteiger partial charge in [-0.1, -0.05) is 54.6 Å². The highest BCUT2D eigenvalue weighted by Crippen LogP contribution is 2.31. The summed E-state index contributed by atoms with van der Waals surface area (Å²) in [7, 11) is 0.0451. The largest absolute Gasteiger partial charge is 0.457 e. The molecule has 1 heterocycles. The van der Waals surface area contributed by atoms with Gasteiger partial charge in [-0.15, -0.1) is 0 Å². The lowest BCUT2D eigenvalue weighted by Gasteiger charge is -2.17. The van der Waals surface area contributed by atoms with Crippen LogP contribution in [0.4, 0.5) is 11.4 Å². The molecule has 0 saturated carbocycles. The lowest BCUT2D eigenvalue weighted by molar-refractivity contribution is 0.482. The first kappa shape index (κ1) is 25.5. The quantitative estimate of drug-likeness (QED) is 0.215. The van der Waals surface area contributed by atoms with Crippen molar-refractivity contribution in [2.75, 3.05) is 23.7 Å². The molecule has 0 amide bonds. The Bertz CT molecular complexity index is 1920. The predicted octanol–water partition coefficient (Wildman–Crippen LogP) is 6.97. The maximum atomic E-state index is 13.5. The minimum absolute atomic E-state index is 0.233. The number of aromatic amines is 1. The summed E-state index contributed by atoms with van der Waals surface area (Å²) >= 11 is 0. The molecule has 6 aromatic rings. The van der Waals surface area contributed by atoms with Gasteiger partial charge in [0.25, 0.3) is 10.0 Å². The number of rotatable bonds is 8. The second-order valence-corrected chi connectivity index (χ2v) is 11.4. The van der Waals surface area contributed by atoms with Crippen LogP contribution in [0, 0.1) is 0 Å². The molecule has 0 aliphatic carbocycles. The molecule has 200 valence electrons. The van der Waals surface area contributed by atoms with Crippen LogP contribution in [0.1, 0.15) is 11.4 Å². The number of nitrogens with one attached hydrogen (secondary N) is 2. The zero-order chi connectivity index (χ0) is 27.7. The lowest BCUT2D eigenvalue weighted by Crippen LogP contribution is -2.14. The van der Waals surface area contributed by atoms with Gasteiger partial charge in [-0.05, 0) is 60.2 Å². The number of ether oxygens (including phenoxy) is 1. The Balaban J connectivity index is 1.21. The molecule has 0 bridgehead atoms. The van der Waals surface area contributed by atoms with Crippen LogP contribution in [0.5, 0.6) is 11.5 Å². The zero-order valence-electron chi connectivity index (χ0n) is 22.1. The minimum Gasteiger partial charge on any atom is -0.457 e. The van der Waals surface area contributed by atoms with E-state index < -0.39 is 10.0 Å². The number of anilines is 2. The maximum Gasteiger partial charge on any atom is 0.262 e. The molecule has 1 aromatic heterocycles. The molecule has 0 atom stereocenters. The van der Waals surface area contributed by atoms with Gasteiger partial charge in [-0.25, -0.2) is 13.4 Å². The molecule has 8 heteroatoms. The number of fused-ring (bicyclic) bond motifs is 2. The third kappa shape index (κ3) is 5.21.